The van der Waals surface area contributed by atoms with Crippen LogP contribution >= 0.6 is 0 Å². The summed E-state index contributed by atoms with van der Waals surface area (Å²) in [5, 5.41) is 26.2. The summed E-state index contributed by atoms with van der Waals surface area (Å²) >= 11 is 0. The number of amides is 1. The van der Waals surface area contributed by atoms with Gasteiger partial charge >= 0.3 is 5.97 Å². The van der Waals surface area contributed by atoms with Crippen molar-refractivity contribution in [3.8, 4) is 0 Å². The van der Waals surface area contributed by atoms with Gasteiger partial charge in [0.1, 0.15) is 0 Å². The van der Waals surface area contributed by atoms with Crippen LogP contribution in [0.5, 0.6) is 0 Å². The molecule has 0 aliphatic heterocycles. The minimum absolute atomic E-state index is 0.0216. The molecule has 8 nitrogen and oxygen atoms in total. The molecule has 9 heteroatoms. The van der Waals surface area contributed by atoms with Crippen LogP contribution in [0.1, 0.15) is 10.4 Å². The lowest BCUT2D eigenvalue weighted by Gasteiger charge is -2.20. The number of esters is 1. The number of aliphatic hydroxyl groups is 2. The Morgan fingerprint density at radius 2 is 2.00 bits per heavy atom. The average Bonchev–Trinajstić information content (AvgIpc) is 2.69. The number of carbonyl (C=O) groups excluding carboxylic acids is 2. The van der Waals surface area contributed by atoms with Gasteiger partial charge in [0.05, 0.1) is 42.4 Å². The van der Waals surface area contributed by atoms with E-state index in [-0.39, 0.29) is 29.2 Å². The smallest absolute Gasteiger partial charge is 0.340 e. The third kappa shape index (κ3) is 4.93. The number of para-hydroxylation sites is 1. The number of halogens is 1. The van der Waals surface area contributed by atoms with Crippen molar-refractivity contribution in [2.24, 2.45) is 0 Å². The zero-order valence-corrected chi connectivity index (χ0v) is 14.5. The first kappa shape index (κ1) is 20.1. The molecule has 1 amide bonds. The van der Waals surface area contributed by atoms with E-state index in [0.29, 0.717) is 12.1 Å². The second-order valence-corrected chi connectivity index (χ2v) is 5.50. The van der Waals surface area contributed by atoms with Crippen molar-refractivity contribution < 1.29 is 28.9 Å². The largest absolute Gasteiger partial charge is 0.465 e. The highest BCUT2D eigenvalue weighted by Crippen LogP contribution is 2.36. The lowest BCUT2D eigenvalue weighted by atomic mass is 10.1. The number of nitrogens with one attached hydrogen (secondary N) is 3. The van der Waals surface area contributed by atoms with Crippen LogP contribution in [0.2, 0.25) is 0 Å². The SMILES string of the molecule is COC(=O)c1cc(NC=O)c(NCC(O)CO)c(F)c1Nc1ccccc1. The molecule has 27 heavy (non-hydrogen) atoms. The number of carbonyl (C=O) groups is 2. The van der Waals surface area contributed by atoms with Crippen molar-refractivity contribution in [1.82, 2.24) is 0 Å². The monoisotopic (exact) mass is 377 g/mol. The summed E-state index contributed by atoms with van der Waals surface area (Å²) < 4.78 is 19.9. The first-order chi connectivity index (χ1) is 13.0. The summed E-state index contributed by atoms with van der Waals surface area (Å²) in [5.74, 6) is -1.67. The molecule has 0 saturated carbocycles. The maximum Gasteiger partial charge on any atom is 0.340 e. The van der Waals surface area contributed by atoms with Crippen LogP contribution in [-0.4, -0.2) is 49.0 Å². The molecule has 144 valence electrons. The molecule has 2 rings (SSSR count). The number of hydrogen-bond donors (Lipinski definition) is 5. The Kier molecular flexibility index (Phi) is 7.09. The van der Waals surface area contributed by atoms with Gasteiger partial charge in [-0.2, -0.15) is 0 Å². The fraction of sp³-hybridized carbons (Fsp3) is 0.222. The summed E-state index contributed by atoms with van der Waals surface area (Å²) in [7, 11) is 1.16. The molecule has 5 N–H and O–H groups in total. The van der Waals surface area contributed by atoms with E-state index in [0.717, 1.165) is 7.11 Å². The highest BCUT2D eigenvalue weighted by atomic mass is 19.1. The highest BCUT2D eigenvalue weighted by Gasteiger charge is 2.23. The maximum absolute atomic E-state index is 15.2. The average molecular weight is 377 g/mol. The van der Waals surface area contributed by atoms with E-state index < -0.39 is 24.5 Å². The number of methoxy groups -OCH3 is 1. The second kappa shape index (κ2) is 9.51. The van der Waals surface area contributed by atoms with E-state index in [1.165, 1.54) is 6.07 Å². The molecule has 0 heterocycles. The van der Waals surface area contributed by atoms with E-state index in [9.17, 15) is 14.7 Å². The van der Waals surface area contributed by atoms with Gasteiger partial charge in [0, 0.05) is 12.2 Å². The van der Waals surface area contributed by atoms with Crippen LogP contribution in [0.25, 0.3) is 0 Å². The Labute approximate surface area is 155 Å². The molecule has 0 saturated heterocycles. The fourth-order valence-corrected chi connectivity index (χ4v) is 2.34. The normalized spacial score (nSPS) is 11.4. The Balaban J connectivity index is 2.55. The third-order valence-electron chi connectivity index (χ3n) is 3.65. The molecule has 0 spiro atoms. The standard InChI is InChI=1S/C18H20FN3O5/c1-27-18(26)13-7-14(21-10-24)17(20-8-12(25)9-23)15(19)16(13)22-11-5-3-2-4-6-11/h2-7,10,12,20,22-23,25H,8-9H2,1H3,(H,21,24). The van der Waals surface area contributed by atoms with Crippen molar-refractivity contribution >= 4 is 35.1 Å². The number of benzene rings is 2. The Morgan fingerprint density at radius 3 is 2.59 bits per heavy atom. The third-order valence-corrected chi connectivity index (χ3v) is 3.65. The number of anilines is 4. The molecule has 0 aliphatic carbocycles. The van der Waals surface area contributed by atoms with Crippen LogP contribution in [0.4, 0.5) is 27.1 Å². The van der Waals surface area contributed by atoms with Crippen LogP contribution in [0.15, 0.2) is 36.4 Å². The molecule has 0 bridgehead atoms. The van der Waals surface area contributed by atoms with Gasteiger partial charge < -0.3 is 30.9 Å². The van der Waals surface area contributed by atoms with Gasteiger partial charge in [-0.15, -0.1) is 0 Å². The Morgan fingerprint density at radius 1 is 1.30 bits per heavy atom. The van der Waals surface area contributed by atoms with Crippen molar-refractivity contribution in [2.45, 2.75) is 6.10 Å². The van der Waals surface area contributed by atoms with Gasteiger partial charge in [0.15, 0.2) is 5.82 Å². The van der Waals surface area contributed by atoms with Gasteiger partial charge in [-0.05, 0) is 18.2 Å². The zero-order chi connectivity index (χ0) is 19.8. The molecule has 1 unspecified atom stereocenters. The lowest BCUT2D eigenvalue weighted by molar-refractivity contribution is -0.105. The zero-order valence-electron chi connectivity index (χ0n) is 14.5. The van der Waals surface area contributed by atoms with E-state index in [2.05, 4.69) is 16.0 Å². The molecule has 1 atom stereocenters. The van der Waals surface area contributed by atoms with Crippen LogP contribution < -0.4 is 16.0 Å². The predicted octanol–water partition coefficient (Wildman–Crippen LogP) is 1.69. The lowest BCUT2D eigenvalue weighted by Crippen LogP contribution is -2.24. The van der Waals surface area contributed by atoms with Crippen LogP contribution in [-0.2, 0) is 9.53 Å². The number of hydrogen-bond acceptors (Lipinski definition) is 7. The molecule has 0 aliphatic rings. The number of rotatable bonds is 9. The van der Waals surface area contributed by atoms with E-state index in [1.807, 2.05) is 0 Å². The minimum Gasteiger partial charge on any atom is -0.465 e. The predicted molar refractivity (Wildman–Crippen MR) is 98.7 cm³/mol. The van der Waals surface area contributed by atoms with Gasteiger partial charge in [0.25, 0.3) is 0 Å². The van der Waals surface area contributed by atoms with Gasteiger partial charge in [0.2, 0.25) is 6.41 Å². The van der Waals surface area contributed by atoms with E-state index in [4.69, 9.17) is 9.84 Å². The van der Waals surface area contributed by atoms with Gasteiger partial charge in [-0.25, -0.2) is 9.18 Å². The van der Waals surface area contributed by atoms with Crippen LogP contribution in [0, 0.1) is 5.82 Å². The Bertz CT molecular complexity index is 801. The quantitative estimate of drug-likeness (QED) is 0.333. The first-order valence-electron chi connectivity index (χ1n) is 8.01. The summed E-state index contributed by atoms with van der Waals surface area (Å²) in [4.78, 5) is 23.0. The van der Waals surface area contributed by atoms with E-state index in [1.54, 1.807) is 30.3 Å². The minimum atomic E-state index is -1.14. The Hall–Kier alpha value is -3.17. The van der Waals surface area contributed by atoms with Crippen molar-refractivity contribution in [3.63, 3.8) is 0 Å². The van der Waals surface area contributed by atoms with E-state index >= 15 is 4.39 Å². The summed E-state index contributed by atoms with van der Waals surface area (Å²) in [6.07, 6.45) is -0.812. The summed E-state index contributed by atoms with van der Waals surface area (Å²) in [6.45, 7) is -0.705. The molecule has 2 aromatic carbocycles. The van der Waals surface area contributed by atoms with Crippen molar-refractivity contribution in [1.29, 1.82) is 0 Å². The molecular formula is C18H20FN3O5. The molecule has 0 fully saturated rings. The molecule has 2 aromatic rings. The molecular weight excluding hydrogens is 357 g/mol. The number of ether oxygens (including phenoxy) is 1. The van der Waals surface area contributed by atoms with Crippen LogP contribution in [0.3, 0.4) is 0 Å². The molecule has 0 radical (unpaired) electrons. The number of aliphatic hydroxyl groups excluding tert-OH is 2. The van der Waals surface area contributed by atoms with Crippen molar-refractivity contribution in [3.05, 3.63) is 47.8 Å². The summed E-state index contributed by atoms with van der Waals surface area (Å²) in [6, 6.07) is 9.86. The van der Waals surface area contributed by atoms with Gasteiger partial charge in [-0.3, -0.25) is 4.79 Å². The fourth-order valence-electron chi connectivity index (χ4n) is 2.34. The summed E-state index contributed by atoms with van der Waals surface area (Å²) in [5.41, 5.74) is 0.0632. The second-order valence-electron chi connectivity index (χ2n) is 5.50. The molecule has 0 aromatic heterocycles. The van der Waals surface area contributed by atoms with Crippen molar-refractivity contribution in [2.75, 3.05) is 36.2 Å². The highest BCUT2D eigenvalue weighted by molar-refractivity contribution is 6.01. The first-order valence-corrected chi connectivity index (χ1v) is 8.01. The maximum atomic E-state index is 15.2. The topological polar surface area (TPSA) is 120 Å². The van der Waals surface area contributed by atoms with Gasteiger partial charge in [-0.1, -0.05) is 18.2 Å².